The Balaban J connectivity index is 1.80. The monoisotopic (exact) mass is 332 g/mol. The molecule has 1 aromatic carbocycles. The van der Waals surface area contributed by atoms with E-state index in [-0.39, 0.29) is 5.91 Å². The first kappa shape index (κ1) is 18.3. The van der Waals surface area contributed by atoms with Crippen LogP contribution < -0.4 is 14.8 Å². The lowest BCUT2D eigenvalue weighted by Gasteiger charge is -2.23. The van der Waals surface area contributed by atoms with Gasteiger partial charge < -0.3 is 19.7 Å². The molecule has 0 aliphatic heterocycles. The largest absolute Gasteiger partial charge is 0.497 e. The van der Waals surface area contributed by atoms with E-state index in [4.69, 9.17) is 9.47 Å². The highest BCUT2D eigenvalue weighted by atomic mass is 16.5. The molecule has 0 bridgehead atoms. The summed E-state index contributed by atoms with van der Waals surface area (Å²) in [6.45, 7) is 1.55. The minimum atomic E-state index is -0.0901. The predicted octanol–water partition coefficient (Wildman–Crippen LogP) is 2.71. The van der Waals surface area contributed by atoms with Gasteiger partial charge >= 0.3 is 0 Å². The Bertz CT molecular complexity index is 566. The van der Waals surface area contributed by atoms with Crippen LogP contribution in [0.15, 0.2) is 24.3 Å². The fraction of sp³-hybridized carbons (Fsp3) is 0.526. The minimum Gasteiger partial charge on any atom is -0.497 e. The average Bonchev–Trinajstić information content (AvgIpc) is 3.14. The molecule has 1 aliphatic rings. The molecule has 1 N–H and O–H groups in total. The normalized spacial score (nSPS) is 15.2. The van der Waals surface area contributed by atoms with E-state index in [0.29, 0.717) is 18.3 Å². The highest BCUT2D eigenvalue weighted by Gasteiger charge is 2.18. The summed E-state index contributed by atoms with van der Waals surface area (Å²) < 4.78 is 10.5. The number of carbonyl (C=O) groups is 1. The smallest absolute Gasteiger partial charge is 0.244 e. The second-order valence-corrected chi connectivity index (χ2v) is 6.15. The Morgan fingerprint density at radius 3 is 2.71 bits per heavy atom. The topological polar surface area (TPSA) is 50.8 Å². The van der Waals surface area contributed by atoms with Gasteiger partial charge in [-0.25, -0.2) is 0 Å². The summed E-state index contributed by atoms with van der Waals surface area (Å²) in [7, 11) is 5.35. The van der Waals surface area contributed by atoms with E-state index in [1.807, 2.05) is 12.1 Å². The Hall–Kier alpha value is -2.01. The van der Waals surface area contributed by atoms with Crippen molar-refractivity contribution < 1.29 is 14.3 Å². The number of carbonyl (C=O) groups excluding carboxylic acids is 1. The van der Waals surface area contributed by atoms with Crippen LogP contribution in [0.4, 0.5) is 0 Å². The van der Waals surface area contributed by atoms with Crippen LogP contribution in [-0.2, 0) is 4.79 Å². The second kappa shape index (κ2) is 9.33. The molecule has 1 amide bonds. The molecule has 0 unspecified atom stereocenters. The number of nitrogens with zero attached hydrogens (tertiary/aromatic N) is 1. The van der Waals surface area contributed by atoms with Crippen molar-refractivity contribution >= 4 is 12.0 Å². The summed E-state index contributed by atoms with van der Waals surface area (Å²) in [6.07, 6.45) is 8.51. The summed E-state index contributed by atoms with van der Waals surface area (Å²) in [6, 6.07) is 6.20. The minimum absolute atomic E-state index is 0.0901. The van der Waals surface area contributed by atoms with E-state index in [0.717, 1.165) is 17.9 Å². The van der Waals surface area contributed by atoms with Gasteiger partial charge in [0.15, 0.2) is 0 Å². The molecule has 1 fully saturated rings. The number of hydrogen-bond acceptors (Lipinski definition) is 4. The van der Waals surface area contributed by atoms with Crippen LogP contribution in [0, 0.1) is 0 Å². The third-order valence-electron chi connectivity index (χ3n) is 4.57. The Kier molecular flexibility index (Phi) is 7.12. The molecule has 1 saturated carbocycles. The predicted molar refractivity (Wildman–Crippen MR) is 96.5 cm³/mol. The molecule has 0 spiro atoms. The lowest BCUT2D eigenvalue weighted by Crippen LogP contribution is -2.36. The standard InChI is InChI=1S/C19H28N2O3/c1-21(16-6-4-5-7-16)13-12-20-19(22)11-9-15-8-10-17(23-2)14-18(15)24-3/h8-11,14,16H,4-7,12-13H2,1-3H3,(H,20,22). The van der Waals surface area contributed by atoms with Crippen molar-refractivity contribution in [2.45, 2.75) is 31.7 Å². The van der Waals surface area contributed by atoms with Gasteiger partial charge in [-0.1, -0.05) is 12.8 Å². The maximum Gasteiger partial charge on any atom is 0.244 e. The van der Waals surface area contributed by atoms with Gasteiger partial charge in [0.25, 0.3) is 0 Å². The number of likely N-dealkylation sites (N-methyl/N-ethyl adjacent to an activating group) is 1. The van der Waals surface area contributed by atoms with Gasteiger partial charge in [0.05, 0.1) is 14.2 Å². The fourth-order valence-electron chi connectivity index (χ4n) is 3.06. The molecule has 1 aliphatic carbocycles. The van der Waals surface area contributed by atoms with E-state index in [2.05, 4.69) is 17.3 Å². The zero-order valence-electron chi connectivity index (χ0n) is 14.9. The van der Waals surface area contributed by atoms with Crippen LogP contribution >= 0.6 is 0 Å². The highest BCUT2D eigenvalue weighted by Crippen LogP contribution is 2.25. The molecule has 0 aromatic heterocycles. The van der Waals surface area contributed by atoms with Crippen molar-refractivity contribution in [1.82, 2.24) is 10.2 Å². The zero-order chi connectivity index (χ0) is 17.4. The van der Waals surface area contributed by atoms with Crippen LogP contribution in [0.25, 0.3) is 6.08 Å². The first-order chi connectivity index (χ1) is 11.6. The maximum atomic E-state index is 12.0. The van der Waals surface area contributed by atoms with Gasteiger partial charge in [0.2, 0.25) is 5.91 Å². The molecule has 0 atom stereocenters. The van der Waals surface area contributed by atoms with Crippen LogP contribution in [0.2, 0.25) is 0 Å². The molecule has 0 heterocycles. The van der Waals surface area contributed by atoms with Gasteiger partial charge in [-0.3, -0.25) is 4.79 Å². The number of rotatable bonds is 8. The van der Waals surface area contributed by atoms with E-state index in [1.54, 1.807) is 32.4 Å². The van der Waals surface area contributed by atoms with Crippen LogP contribution in [-0.4, -0.2) is 51.2 Å². The Morgan fingerprint density at radius 2 is 2.04 bits per heavy atom. The van der Waals surface area contributed by atoms with Crippen LogP contribution in [0.3, 0.4) is 0 Å². The molecule has 0 saturated heterocycles. The number of ether oxygens (including phenoxy) is 2. The molecule has 0 radical (unpaired) electrons. The van der Waals surface area contributed by atoms with E-state index in [9.17, 15) is 4.79 Å². The molecule has 5 nitrogen and oxygen atoms in total. The van der Waals surface area contributed by atoms with Crippen molar-refractivity contribution in [2.24, 2.45) is 0 Å². The molecule has 1 aromatic rings. The fourth-order valence-corrected chi connectivity index (χ4v) is 3.06. The number of nitrogens with one attached hydrogen (secondary N) is 1. The zero-order valence-corrected chi connectivity index (χ0v) is 14.9. The van der Waals surface area contributed by atoms with Crippen molar-refractivity contribution in [2.75, 3.05) is 34.4 Å². The summed E-state index contributed by atoms with van der Waals surface area (Å²) in [4.78, 5) is 14.3. The van der Waals surface area contributed by atoms with E-state index < -0.39 is 0 Å². The van der Waals surface area contributed by atoms with Crippen molar-refractivity contribution in [3.8, 4) is 11.5 Å². The lowest BCUT2D eigenvalue weighted by molar-refractivity contribution is -0.116. The van der Waals surface area contributed by atoms with Crippen LogP contribution in [0.5, 0.6) is 11.5 Å². The number of hydrogen-bond donors (Lipinski definition) is 1. The SMILES string of the molecule is COc1ccc(C=CC(=O)NCCN(C)C2CCCC2)c(OC)c1. The molecule has 24 heavy (non-hydrogen) atoms. The van der Waals surface area contributed by atoms with Crippen molar-refractivity contribution in [3.63, 3.8) is 0 Å². The average molecular weight is 332 g/mol. The van der Waals surface area contributed by atoms with Crippen molar-refractivity contribution in [1.29, 1.82) is 0 Å². The third kappa shape index (κ3) is 5.27. The molecule has 2 rings (SSSR count). The summed E-state index contributed by atoms with van der Waals surface area (Å²) >= 11 is 0. The quantitative estimate of drug-likeness (QED) is 0.744. The number of benzene rings is 1. The summed E-state index contributed by atoms with van der Waals surface area (Å²) in [5.41, 5.74) is 0.844. The molecule has 132 valence electrons. The van der Waals surface area contributed by atoms with Crippen LogP contribution in [0.1, 0.15) is 31.2 Å². The number of amides is 1. The maximum absolute atomic E-state index is 12.0. The highest BCUT2D eigenvalue weighted by molar-refractivity contribution is 5.92. The summed E-state index contributed by atoms with van der Waals surface area (Å²) in [5, 5.41) is 2.93. The van der Waals surface area contributed by atoms with E-state index >= 15 is 0 Å². The summed E-state index contributed by atoms with van der Waals surface area (Å²) in [5.74, 6) is 1.32. The van der Waals surface area contributed by atoms with Gasteiger partial charge in [-0.15, -0.1) is 0 Å². The number of methoxy groups -OCH3 is 2. The van der Waals surface area contributed by atoms with E-state index in [1.165, 1.54) is 25.7 Å². The molecular formula is C19H28N2O3. The first-order valence-electron chi connectivity index (χ1n) is 8.52. The Morgan fingerprint density at radius 1 is 1.29 bits per heavy atom. The first-order valence-corrected chi connectivity index (χ1v) is 8.52. The molecular weight excluding hydrogens is 304 g/mol. The van der Waals surface area contributed by atoms with Crippen molar-refractivity contribution in [3.05, 3.63) is 29.8 Å². The molecule has 5 heteroatoms. The lowest BCUT2D eigenvalue weighted by atomic mass is 10.1. The second-order valence-electron chi connectivity index (χ2n) is 6.15. The third-order valence-corrected chi connectivity index (χ3v) is 4.57. The van der Waals surface area contributed by atoms with Gasteiger partial charge in [-0.05, 0) is 38.1 Å². The Labute approximate surface area is 144 Å². The van der Waals surface area contributed by atoms with Gasteiger partial charge in [0, 0.05) is 36.8 Å². The van der Waals surface area contributed by atoms with Gasteiger partial charge in [-0.2, -0.15) is 0 Å². The van der Waals surface area contributed by atoms with Gasteiger partial charge in [0.1, 0.15) is 11.5 Å².